The molecule has 0 radical (unpaired) electrons. The van der Waals surface area contributed by atoms with E-state index in [0.29, 0.717) is 19.4 Å². The van der Waals surface area contributed by atoms with E-state index in [2.05, 4.69) is 20.6 Å². The Bertz CT molecular complexity index is 321. The highest BCUT2D eigenvalue weighted by Gasteiger charge is 2.14. The van der Waals surface area contributed by atoms with Crippen molar-refractivity contribution in [3.63, 3.8) is 0 Å². The predicted molar refractivity (Wildman–Crippen MR) is 66.0 cm³/mol. The lowest BCUT2D eigenvalue weighted by Crippen LogP contribution is -2.80. The van der Waals surface area contributed by atoms with Crippen LogP contribution in [0.2, 0.25) is 0 Å². The molecular formula is C10H21N4O5+. The van der Waals surface area contributed by atoms with Crippen molar-refractivity contribution in [3.05, 3.63) is 0 Å². The van der Waals surface area contributed by atoms with Gasteiger partial charge in [0.2, 0.25) is 0 Å². The first-order chi connectivity index (χ1) is 9.01. The van der Waals surface area contributed by atoms with Gasteiger partial charge in [-0.2, -0.15) is 5.32 Å². The van der Waals surface area contributed by atoms with Gasteiger partial charge >= 0.3 is 18.0 Å². The van der Waals surface area contributed by atoms with E-state index in [4.69, 9.17) is 15.6 Å². The van der Waals surface area contributed by atoms with E-state index in [1.807, 2.05) is 0 Å². The molecule has 0 rings (SSSR count). The molecular weight excluding hydrogens is 256 g/mol. The smallest absolute Gasteiger partial charge is 0.476 e. The van der Waals surface area contributed by atoms with E-state index in [9.17, 15) is 9.59 Å². The summed E-state index contributed by atoms with van der Waals surface area (Å²) in [6, 6.07) is -0.890. The standard InChI is InChI=1S/C10H20N4O5/c1-3-19-10(17)13-9(14-18-2)12-6-4-5-7(11)8(15)16/h7H,3-6,11H2,1-2H3,(H,15,16)(H2,12,13,14,17)/p+1. The van der Waals surface area contributed by atoms with Crippen LogP contribution in [0.25, 0.3) is 0 Å². The molecule has 110 valence electrons. The Balaban J connectivity index is 4.12. The van der Waals surface area contributed by atoms with Gasteiger partial charge in [-0.25, -0.2) is 9.63 Å². The molecule has 0 bridgehead atoms. The topological polar surface area (TPSA) is 137 Å². The highest BCUT2D eigenvalue weighted by atomic mass is 16.6. The Kier molecular flexibility index (Phi) is 9.10. The summed E-state index contributed by atoms with van der Waals surface area (Å²) in [5, 5.41) is 11.0. The fourth-order valence-electron chi connectivity index (χ4n) is 1.14. The molecule has 0 heterocycles. The summed E-state index contributed by atoms with van der Waals surface area (Å²) in [7, 11) is 1.38. The molecule has 19 heavy (non-hydrogen) atoms. The molecule has 0 saturated carbocycles. The Morgan fingerprint density at radius 3 is 2.68 bits per heavy atom. The number of carboxylic acids is 1. The molecule has 0 aromatic rings. The van der Waals surface area contributed by atoms with Gasteiger partial charge in [0.1, 0.15) is 6.04 Å². The van der Waals surface area contributed by atoms with Crippen LogP contribution in [0.5, 0.6) is 0 Å². The second-order valence-electron chi connectivity index (χ2n) is 3.54. The SMILES string of the molecule is CCOC(=O)NC(NOC)=[NH+]CCCC(N)C(=O)O. The van der Waals surface area contributed by atoms with Crippen LogP contribution in [-0.2, 0) is 14.4 Å². The summed E-state index contributed by atoms with van der Waals surface area (Å²) < 4.78 is 4.69. The second kappa shape index (κ2) is 10.1. The maximum absolute atomic E-state index is 11.2. The van der Waals surface area contributed by atoms with Gasteiger partial charge < -0.3 is 15.6 Å². The summed E-state index contributed by atoms with van der Waals surface area (Å²) >= 11 is 0. The van der Waals surface area contributed by atoms with Gasteiger partial charge in [-0.1, -0.05) is 0 Å². The molecule has 1 atom stereocenters. The molecule has 0 aliphatic carbocycles. The van der Waals surface area contributed by atoms with Crippen molar-refractivity contribution in [2.45, 2.75) is 25.8 Å². The number of nitrogens with two attached hydrogens (primary N) is 1. The minimum atomic E-state index is -1.04. The number of aliphatic carboxylic acids is 1. The molecule has 6 N–H and O–H groups in total. The Morgan fingerprint density at radius 1 is 1.47 bits per heavy atom. The van der Waals surface area contributed by atoms with Crippen molar-refractivity contribution < 1.29 is 29.3 Å². The van der Waals surface area contributed by atoms with Crippen molar-refractivity contribution in [2.24, 2.45) is 5.73 Å². The average Bonchev–Trinajstić information content (AvgIpc) is 2.34. The molecule has 9 heteroatoms. The number of rotatable bonds is 7. The Morgan fingerprint density at radius 2 is 2.16 bits per heavy atom. The number of alkyl carbamates (subject to hydrolysis) is 1. The van der Waals surface area contributed by atoms with Gasteiger partial charge in [0.25, 0.3) is 0 Å². The third-order valence-electron chi connectivity index (χ3n) is 2.02. The predicted octanol–water partition coefficient (Wildman–Crippen LogP) is -2.49. The lowest BCUT2D eigenvalue weighted by Gasteiger charge is -2.05. The van der Waals surface area contributed by atoms with E-state index in [0.717, 1.165) is 0 Å². The van der Waals surface area contributed by atoms with Gasteiger partial charge in [0.05, 0.1) is 20.3 Å². The van der Waals surface area contributed by atoms with Crippen LogP contribution in [0.3, 0.4) is 0 Å². The lowest BCUT2D eigenvalue weighted by molar-refractivity contribution is -0.464. The van der Waals surface area contributed by atoms with Gasteiger partial charge in [0.15, 0.2) is 0 Å². The number of hydrogen-bond donors (Lipinski definition) is 5. The third kappa shape index (κ3) is 8.80. The monoisotopic (exact) mass is 277 g/mol. The maximum Gasteiger partial charge on any atom is 0.476 e. The zero-order chi connectivity index (χ0) is 14.7. The minimum Gasteiger partial charge on any atom is -0.480 e. The first-order valence-corrected chi connectivity index (χ1v) is 5.83. The summed E-state index contributed by atoms with van der Waals surface area (Å²) in [6.45, 7) is 2.35. The molecule has 0 aromatic heterocycles. The average molecular weight is 277 g/mol. The van der Waals surface area contributed by atoms with E-state index in [-0.39, 0.29) is 12.6 Å². The van der Waals surface area contributed by atoms with Crippen LogP contribution in [0.4, 0.5) is 4.79 Å². The number of hydroxylamine groups is 1. The number of carboxylic acid groups (broad SMARTS) is 1. The molecule has 0 spiro atoms. The van der Waals surface area contributed by atoms with Crippen molar-refractivity contribution in [2.75, 3.05) is 20.3 Å². The number of guanidine groups is 1. The molecule has 0 aromatic carbocycles. The number of carbonyl (C=O) groups excluding carboxylic acids is 1. The lowest BCUT2D eigenvalue weighted by atomic mass is 10.2. The largest absolute Gasteiger partial charge is 0.480 e. The molecule has 1 unspecified atom stereocenters. The first kappa shape index (κ1) is 17.1. The number of nitrogens with one attached hydrogen (secondary N) is 3. The number of ether oxygens (including phenoxy) is 1. The van der Waals surface area contributed by atoms with Crippen LogP contribution in [-0.4, -0.2) is 49.4 Å². The van der Waals surface area contributed by atoms with E-state index < -0.39 is 18.1 Å². The fourth-order valence-corrected chi connectivity index (χ4v) is 1.14. The summed E-state index contributed by atoms with van der Waals surface area (Å²) in [5.74, 6) is -0.825. The Labute approximate surface area is 111 Å². The van der Waals surface area contributed by atoms with E-state index in [1.165, 1.54) is 7.11 Å². The molecule has 0 aliphatic heterocycles. The first-order valence-electron chi connectivity index (χ1n) is 5.83. The molecule has 0 aliphatic rings. The quantitative estimate of drug-likeness (QED) is 0.150. The van der Waals surface area contributed by atoms with E-state index in [1.54, 1.807) is 6.92 Å². The van der Waals surface area contributed by atoms with Crippen LogP contribution in [0.1, 0.15) is 19.8 Å². The number of carbonyl (C=O) groups is 2. The van der Waals surface area contributed by atoms with Gasteiger partial charge in [-0.15, -0.1) is 5.48 Å². The van der Waals surface area contributed by atoms with Crippen LogP contribution in [0, 0.1) is 0 Å². The fraction of sp³-hybridized carbons (Fsp3) is 0.700. The molecule has 9 nitrogen and oxygen atoms in total. The van der Waals surface area contributed by atoms with Crippen molar-refractivity contribution in [1.29, 1.82) is 0 Å². The van der Waals surface area contributed by atoms with Crippen LogP contribution < -0.4 is 21.5 Å². The highest BCUT2D eigenvalue weighted by Crippen LogP contribution is 1.90. The van der Waals surface area contributed by atoms with Crippen molar-refractivity contribution in [1.82, 2.24) is 10.8 Å². The zero-order valence-corrected chi connectivity index (χ0v) is 11.1. The zero-order valence-electron chi connectivity index (χ0n) is 11.1. The second-order valence-corrected chi connectivity index (χ2v) is 3.54. The summed E-state index contributed by atoms with van der Waals surface area (Å²) in [5.41, 5.74) is 7.78. The van der Waals surface area contributed by atoms with Crippen LogP contribution >= 0.6 is 0 Å². The van der Waals surface area contributed by atoms with Crippen molar-refractivity contribution >= 4 is 18.0 Å². The molecule has 0 fully saturated rings. The summed E-state index contributed by atoms with van der Waals surface area (Å²) in [4.78, 5) is 29.1. The van der Waals surface area contributed by atoms with Crippen LogP contribution in [0.15, 0.2) is 0 Å². The van der Waals surface area contributed by atoms with Gasteiger partial charge in [-0.05, 0) is 19.8 Å². The number of hydrogen-bond acceptors (Lipinski definition) is 5. The Hall–Kier alpha value is -1.87. The van der Waals surface area contributed by atoms with E-state index >= 15 is 0 Å². The van der Waals surface area contributed by atoms with Crippen molar-refractivity contribution in [3.8, 4) is 0 Å². The maximum atomic E-state index is 11.2. The third-order valence-corrected chi connectivity index (χ3v) is 2.02. The highest BCUT2D eigenvalue weighted by molar-refractivity contribution is 5.90. The molecule has 1 amide bonds. The number of amides is 1. The normalized spacial score (nSPS) is 12.7. The minimum absolute atomic E-state index is 0.213. The van der Waals surface area contributed by atoms with Gasteiger partial charge in [0, 0.05) is 0 Å². The summed E-state index contributed by atoms with van der Waals surface area (Å²) in [6.07, 6.45) is 0.214. The van der Waals surface area contributed by atoms with Gasteiger partial charge in [-0.3, -0.25) is 9.79 Å². The molecule has 0 saturated heterocycles.